The number of hydrogen-bond donors (Lipinski definition) is 8. The van der Waals surface area contributed by atoms with E-state index in [0.717, 1.165) is 0 Å². The molecule has 464 valence electrons. The van der Waals surface area contributed by atoms with Crippen LogP contribution in [0.4, 0.5) is 34.4 Å². The lowest BCUT2D eigenvalue weighted by molar-refractivity contribution is -0.124. The summed E-state index contributed by atoms with van der Waals surface area (Å²) >= 11 is 0. The number of nitrogens with one attached hydrogen (secondary N) is 8. The summed E-state index contributed by atoms with van der Waals surface area (Å²) in [5.41, 5.74) is 5.00. The van der Waals surface area contributed by atoms with Gasteiger partial charge in [-0.3, -0.25) is 43.2 Å². The fraction of sp³-hybridized carbons (Fsp3) is 0.283. The molecule has 0 radical (unpaired) electrons. The highest BCUT2D eigenvalue weighted by molar-refractivity contribution is 6.12. The van der Waals surface area contributed by atoms with Crippen LogP contribution in [-0.2, 0) is 69.1 Å². The van der Waals surface area contributed by atoms with Gasteiger partial charge in [-0.15, -0.1) is 0 Å². The van der Waals surface area contributed by atoms with E-state index in [1.54, 1.807) is 120 Å². The molecule has 8 aromatic rings. The van der Waals surface area contributed by atoms with Crippen molar-refractivity contribution in [3.63, 3.8) is 0 Å². The highest BCUT2D eigenvalue weighted by Gasteiger charge is 2.68. The normalized spacial score (nSPS) is 15.4. The molecule has 8 amide bonds. The molecule has 8 aromatic heterocycles. The molecule has 8 N–H and O–H groups in total. The lowest BCUT2D eigenvalue weighted by atomic mass is 9.82. The van der Waals surface area contributed by atoms with Gasteiger partial charge in [-0.05, 0) is 62.9 Å². The smallest absolute Gasteiger partial charge is 0.340 e. The fourth-order valence-electron chi connectivity index (χ4n) is 11.7. The van der Waals surface area contributed by atoms with Crippen LogP contribution in [0.1, 0.15) is 126 Å². The lowest BCUT2D eigenvalue weighted by Crippen LogP contribution is -2.33. The van der Waals surface area contributed by atoms with Gasteiger partial charge in [0.1, 0.15) is 17.1 Å². The van der Waals surface area contributed by atoms with Gasteiger partial charge in [0.05, 0.1) is 46.8 Å². The maximum atomic E-state index is 13.7. The third kappa shape index (κ3) is 11.4. The average Bonchev–Trinajstić information content (AvgIpc) is 1.50. The van der Waals surface area contributed by atoms with Crippen LogP contribution in [0.3, 0.4) is 0 Å². The van der Waals surface area contributed by atoms with Gasteiger partial charge in [0.15, 0.2) is 17.5 Å². The molecular formula is C60H63N19O11. The minimum absolute atomic E-state index is 0.00409. The van der Waals surface area contributed by atoms with E-state index in [2.05, 4.69) is 57.2 Å². The zero-order valence-electron chi connectivity index (χ0n) is 50.6. The number of aromatic amines is 1. The number of carbonyl (C=O) groups excluding carboxylic acids is 10. The standard InChI is InChI=1S/C60H63N19O11/c1-30-22-76(7)50(62-30)58(88)71-44-29-78(9)52(70-44)57(87)67-36-19-40(75(6)27-36)55(85)65-34-17-38(73(4)25-34)53(83)61-15-11-12-45(81)68-43-28-77(8)51(69-43)56(86)66-35-18-39(74(5)26-35)54(84)64-33-16-37(72(3)24-33)13-14-46(82)79-23-32-21-60(32)42(79)20-41(80)49-48(60)47(31(2)63-49)59(89)90-10/h13-14,16-20,22,24-29,32,63H,11-12,15,21,23H2,1-10H3,(H,61,83)(H,64,84)(H,65,85)(H,66,86)(H,67,87)(H,68,81)(H,71,88)/b14-13+/t32-,60+/m1/s1. The Hall–Kier alpha value is -11.6. The minimum atomic E-state index is -0.627. The molecule has 2 fully saturated rings. The number of amides is 8. The van der Waals surface area contributed by atoms with Crippen LogP contribution >= 0.6 is 0 Å². The van der Waals surface area contributed by atoms with Crippen LogP contribution in [0.2, 0.25) is 0 Å². The van der Waals surface area contributed by atoms with Crippen molar-refractivity contribution in [2.24, 2.45) is 55.3 Å². The molecule has 11 rings (SSSR count). The second kappa shape index (κ2) is 23.3. The zero-order chi connectivity index (χ0) is 64.4. The number of carbonyl (C=O) groups is 10. The van der Waals surface area contributed by atoms with Crippen molar-refractivity contribution in [3.8, 4) is 0 Å². The molecule has 9 heterocycles. The van der Waals surface area contributed by atoms with Crippen molar-refractivity contribution < 1.29 is 52.7 Å². The molecular weight excluding hydrogens is 1160 g/mol. The number of aromatic nitrogens is 11. The number of allylic oxidation sites excluding steroid dienone is 2. The lowest BCUT2D eigenvalue weighted by Gasteiger charge is -2.27. The summed E-state index contributed by atoms with van der Waals surface area (Å²) in [5, 5.41) is 19.2. The molecule has 1 saturated carbocycles. The predicted molar refractivity (Wildman–Crippen MR) is 326 cm³/mol. The Balaban J connectivity index is 0.615. The number of nitrogens with zero attached hydrogens (tertiary/aromatic N) is 11. The molecule has 30 heteroatoms. The Kier molecular flexibility index (Phi) is 15.5. The number of aryl methyl sites for hydroxylation is 9. The topological polar surface area (TPSA) is 356 Å². The second-order valence-electron chi connectivity index (χ2n) is 22.5. The summed E-state index contributed by atoms with van der Waals surface area (Å²) in [4.78, 5) is 150. The minimum Gasteiger partial charge on any atom is -0.465 e. The highest BCUT2D eigenvalue weighted by Crippen LogP contribution is 2.67. The SMILES string of the molecule is COC(=O)c1c(C)[nH]c2c1[C@@]13C[C@@H]1CN(C(=O)/C=C/c1cc(NC(=O)c4cc(NC(=O)c5nc(NC(=O)CCCNC(=O)c6cc(NC(=O)c7cc(NC(=O)c8nc(NC(=O)c9nc(C)cn9C)cn8C)cn7C)cn6C)cn5C)cn4C)cn1C)C3=CC2=O. The van der Waals surface area contributed by atoms with Crippen molar-refractivity contribution in [1.29, 1.82) is 0 Å². The molecule has 0 bridgehead atoms. The van der Waals surface area contributed by atoms with Gasteiger partial charge in [-0.25, -0.2) is 19.7 Å². The number of ether oxygens (including phenoxy) is 1. The maximum absolute atomic E-state index is 13.7. The molecule has 2 atom stereocenters. The predicted octanol–water partition coefficient (Wildman–Crippen LogP) is 4.28. The maximum Gasteiger partial charge on any atom is 0.340 e. The summed E-state index contributed by atoms with van der Waals surface area (Å²) in [6.45, 7) is 3.99. The van der Waals surface area contributed by atoms with Gasteiger partial charge in [0.2, 0.25) is 23.3 Å². The molecule has 2 aliphatic carbocycles. The van der Waals surface area contributed by atoms with Crippen molar-refractivity contribution in [3.05, 3.63) is 154 Å². The summed E-state index contributed by atoms with van der Waals surface area (Å²) in [6, 6.07) is 6.15. The van der Waals surface area contributed by atoms with Crippen LogP contribution in [0.15, 0.2) is 85.5 Å². The molecule has 1 saturated heterocycles. The number of piperidine rings is 1. The van der Waals surface area contributed by atoms with E-state index in [9.17, 15) is 47.9 Å². The van der Waals surface area contributed by atoms with Gasteiger partial charge < -0.3 is 83.8 Å². The van der Waals surface area contributed by atoms with E-state index in [1.165, 1.54) is 72.7 Å². The Morgan fingerprint density at radius 2 is 1.11 bits per heavy atom. The van der Waals surface area contributed by atoms with E-state index in [-0.39, 0.29) is 83.2 Å². The third-order valence-electron chi connectivity index (χ3n) is 16.0. The molecule has 0 unspecified atom stereocenters. The first kappa shape index (κ1) is 60.1. The van der Waals surface area contributed by atoms with E-state index >= 15 is 0 Å². The number of ketones is 1. The first-order valence-corrected chi connectivity index (χ1v) is 28.2. The number of likely N-dealkylation sites (tertiary alicyclic amines) is 1. The monoisotopic (exact) mass is 1230 g/mol. The Morgan fingerprint density at radius 1 is 0.611 bits per heavy atom. The number of imidazole rings is 3. The third-order valence-corrected chi connectivity index (χ3v) is 16.0. The van der Waals surface area contributed by atoms with Gasteiger partial charge in [0.25, 0.3) is 41.4 Å². The van der Waals surface area contributed by atoms with Crippen molar-refractivity contribution in [1.82, 2.24) is 62.1 Å². The largest absolute Gasteiger partial charge is 0.465 e. The second-order valence-corrected chi connectivity index (χ2v) is 22.5. The van der Waals surface area contributed by atoms with Crippen molar-refractivity contribution in [2.75, 3.05) is 52.1 Å². The molecule has 1 spiro atoms. The van der Waals surface area contributed by atoms with Gasteiger partial charge in [-0.2, -0.15) is 0 Å². The first-order valence-electron chi connectivity index (χ1n) is 28.2. The van der Waals surface area contributed by atoms with E-state index in [0.29, 0.717) is 75.3 Å². The van der Waals surface area contributed by atoms with Gasteiger partial charge >= 0.3 is 5.97 Å². The molecule has 0 aromatic carbocycles. The fourth-order valence-corrected chi connectivity index (χ4v) is 11.7. The van der Waals surface area contributed by atoms with Crippen LogP contribution < -0.4 is 37.2 Å². The van der Waals surface area contributed by atoms with Gasteiger partial charge in [0, 0.05) is 152 Å². The number of anilines is 6. The Labute approximate surface area is 512 Å². The summed E-state index contributed by atoms with van der Waals surface area (Å²) in [5.74, 6) is -4.37. The molecule has 3 aliphatic rings. The highest BCUT2D eigenvalue weighted by atomic mass is 16.5. The first-order chi connectivity index (χ1) is 42.8. The van der Waals surface area contributed by atoms with Crippen LogP contribution in [0, 0.1) is 19.8 Å². The number of rotatable bonds is 19. The van der Waals surface area contributed by atoms with E-state index in [1.807, 2.05) is 0 Å². The Bertz CT molecular complexity index is 4450. The average molecular weight is 1230 g/mol. The number of fused-ring (bicyclic) bond motifs is 1. The quantitative estimate of drug-likeness (QED) is 0.0318. The van der Waals surface area contributed by atoms with E-state index < -0.39 is 52.7 Å². The number of methoxy groups -OCH3 is 1. The number of hydrogen-bond acceptors (Lipinski definition) is 14. The van der Waals surface area contributed by atoms with Crippen molar-refractivity contribution in [2.45, 2.75) is 38.5 Å². The van der Waals surface area contributed by atoms with Crippen molar-refractivity contribution >= 4 is 99.5 Å². The molecule has 1 aliphatic heterocycles. The Morgan fingerprint density at radius 3 is 1.67 bits per heavy atom. The van der Waals surface area contributed by atoms with Crippen LogP contribution in [0.25, 0.3) is 6.08 Å². The summed E-state index contributed by atoms with van der Waals surface area (Å²) in [7, 11) is 12.8. The molecule has 90 heavy (non-hydrogen) atoms. The van der Waals surface area contributed by atoms with Crippen LogP contribution in [-0.4, -0.2) is 136 Å². The number of H-pyrrole nitrogens is 1. The summed E-state index contributed by atoms with van der Waals surface area (Å²) in [6.07, 6.45) is 16.4. The number of esters is 1. The van der Waals surface area contributed by atoms with Gasteiger partial charge in [-0.1, -0.05) is 0 Å². The van der Waals surface area contributed by atoms with Crippen LogP contribution in [0.5, 0.6) is 0 Å². The zero-order valence-corrected chi connectivity index (χ0v) is 50.6. The van der Waals surface area contributed by atoms with E-state index in [4.69, 9.17) is 4.74 Å². The molecule has 30 nitrogen and oxygen atoms in total. The summed E-state index contributed by atoms with van der Waals surface area (Å²) < 4.78 is 15.8.